The molecule has 0 spiro atoms. The standard InChI is InChI=1S/C69H118O6/c1-4-7-10-13-16-19-22-25-26-27-28-29-30-31-32-33-34-35-36-37-38-39-40-41-42-45-47-50-53-56-59-62-68(71)74-65-66(75-69(72)63-60-57-54-51-48-44-24-21-18-15-12-9-6-3)64-73-67(70)61-58-55-52-49-46-43-23-20-17-14-11-8-5-2/h7,10,16,19,21,24-26,28-29,31-32,34-35,37-38,66H,4-6,8-9,11-15,17-18,20,22-23,27,30,33,36,39-65H2,1-3H3/b10-7-,19-16-,24-21-,26-25-,29-28-,32-31-,35-34-,38-37-. The van der Waals surface area contributed by atoms with Crippen molar-refractivity contribution in [2.75, 3.05) is 13.2 Å². The zero-order valence-corrected chi connectivity index (χ0v) is 49.3. The summed E-state index contributed by atoms with van der Waals surface area (Å²) in [5, 5.41) is 0. The summed E-state index contributed by atoms with van der Waals surface area (Å²) < 4.78 is 16.9. The van der Waals surface area contributed by atoms with Crippen molar-refractivity contribution >= 4 is 17.9 Å². The Morgan fingerprint density at radius 2 is 0.520 bits per heavy atom. The van der Waals surface area contributed by atoms with Crippen LogP contribution in [-0.4, -0.2) is 37.2 Å². The van der Waals surface area contributed by atoms with E-state index in [0.717, 1.165) is 122 Å². The number of ether oxygens (including phenoxy) is 3. The summed E-state index contributed by atoms with van der Waals surface area (Å²) in [6, 6.07) is 0. The van der Waals surface area contributed by atoms with Gasteiger partial charge >= 0.3 is 17.9 Å². The molecule has 0 bridgehead atoms. The van der Waals surface area contributed by atoms with Crippen LogP contribution in [0.4, 0.5) is 0 Å². The molecule has 0 N–H and O–H groups in total. The van der Waals surface area contributed by atoms with E-state index in [2.05, 4.69) is 118 Å². The van der Waals surface area contributed by atoms with E-state index in [1.807, 2.05) is 0 Å². The molecule has 6 heteroatoms. The molecule has 75 heavy (non-hydrogen) atoms. The van der Waals surface area contributed by atoms with Gasteiger partial charge in [0.25, 0.3) is 0 Å². The van der Waals surface area contributed by atoms with Gasteiger partial charge in [0, 0.05) is 19.3 Å². The molecule has 0 aliphatic rings. The van der Waals surface area contributed by atoms with Crippen molar-refractivity contribution in [1.29, 1.82) is 0 Å². The molecule has 0 radical (unpaired) electrons. The van der Waals surface area contributed by atoms with Gasteiger partial charge in [-0.05, 0) is 103 Å². The van der Waals surface area contributed by atoms with Gasteiger partial charge in [0.2, 0.25) is 0 Å². The number of rotatable bonds is 57. The number of hydrogen-bond acceptors (Lipinski definition) is 6. The third-order valence-corrected chi connectivity index (χ3v) is 13.6. The minimum Gasteiger partial charge on any atom is -0.462 e. The van der Waals surface area contributed by atoms with E-state index in [1.54, 1.807) is 0 Å². The summed E-state index contributed by atoms with van der Waals surface area (Å²) in [5.74, 6) is -0.886. The van der Waals surface area contributed by atoms with Crippen LogP contribution < -0.4 is 0 Å². The van der Waals surface area contributed by atoms with Gasteiger partial charge < -0.3 is 14.2 Å². The van der Waals surface area contributed by atoms with Crippen LogP contribution in [0.15, 0.2) is 97.2 Å². The molecule has 0 fully saturated rings. The molecule has 0 aliphatic heterocycles. The van der Waals surface area contributed by atoms with Gasteiger partial charge in [-0.15, -0.1) is 0 Å². The molecule has 0 saturated carbocycles. The molecule has 0 amide bonds. The lowest BCUT2D eigenvalue weighted by molar-refractivity contribution is -0.167. The van der Waals surface area contributed by atoms with Gasteiger partial charge in [-0.1, -0.05) is 279 Å². The maximum Gasteiger partial charge on any atom is 0.306 e. The van der Waals surface area contributed by atoms with Gasteiger partial charge in [-0.3, -0.25) is 14.4 Å². The van der Waals surface area contributed by atoms with Gasteiger partial charge in [-0.2, -0.15) is 0 Å². The first-order chi connectivity index (χ1) is 37.0. The zero-order chi connectivity index (χ0) is 54.3. The topological polar surface area (TPSA) is 78.9 Å². The minimum atomic E-state index is -0.782. The SMILES string of the molecule is CC/C=C\C/C=C\C/C=C\C/C=C\C/C=C\C/C=C\C/C=C\CCCCCCCCCCCC(=O)OCC(COC(=O)CCCCCCCCCCCCCCC)OC(=O)CCCCCCC/C=C\CCCCCC. The lowest BCUT2D eigenvalue weighted by atomic mass is 10.0. The summed E-state index contributed by atoms with van der Waals surface area (Å²) in [6.45, 7) is 6.52. The Kier molecular flexibility index (Phi) is 59.8. The molecule has 0 rings (SSSR count). The van der Waals surface area contributed by atoms with Crippen LogP contribution in [-0.2, 0) is 28.6 Å². The van der Waals surface area contributed by atoms with Crippen LogP contribution in [0.5, 0.6) is 0 Å². The normalized spacial score (nSPS) is 12.7. The minimum absolute atomic E-state index is 0.0792. The Bertz CT molecular complexity index is 1480. The number of carbonyl (C=O) groups is 3. The van der Waals surface area contributed by atoms with Crippen molar-refractivity contribution in [2.45, 2.75) is 309 Å². The summed E-state index contributed by atoms with van der Waals surface area (Å²) in [5.41, 5.74) is 0. The fourth-order valence-electron chi connectivity index (χ4n) is 8.83. The predicted octanol–water partition coefficient (Wildman–Crippen LogP) is 21.7. The van der Waals surface area contributed by atoms with E-state index in [0.29, 0.717) is 19.3 Å². The molecule has 1 unspecified atom stereocenters. The molecule has 0 aromatic carbocycles. The first-order valence-corrected chi connectivity index (χ1v) is 31.7. The van der Waals surface area contributed by atoms with E-state index in [9.17, 15) is 14.4 Å². The molecule has 1 atom stereocenters. The summed E-state index contributed by atoms with van der Waals surface area (Å²) >= 11 is 0. The van der Waals surface area contributed by atoms with Crippen LogP contribution in [0, 0.1) is 0 Å². The third-order valence-electron chi connectivity index (χ3n) is 13.6. The largest absolute Gasteiger partial charge is 0.462 e. The molecular formula is C69H118O6. The van der Waals surface area contributed by atoms with E-state index in [1.165, 1.54) is 141 Å². The zero-order valence-electron chi connectivity index (χ0n) is 49.3. The molecule has 0 aliphatic carbocycles. The Hall–Kier alpha value is -3.67. The van der Waals surface area contributed by atoms with Crippen molar-refractivity contribution in [2.24, 2.45) is 0 Å². The van der Waals surface area contributed by atoms with Crippen LogP contribution in [0.1, 0.15) is 303 Å². The van der Waals surface area contributed by atoms with Crippen molar-refractivity contribution in [1.82, 2.24) is 0 Å². The Morgan fingerprint density at radius 3 is 0.840 bits per heavy atom. The van der Waals surface area contributed by atoms with Gasteiger partial charge in [0.1, 0.15) is 13.2 Å². The van der Waals surface area contributed by atoms with Gasteiger partial charge in [0.15, 0.2) is 6.10 Å². The molecule has 0 aromatic rings. The third kappa shape index (κ3) is 61.1. The second-order valence-corrected chi connectivity index (χ2v) is 20.9. The summed E-state index contributed by atoms with van der Waals surface area (Å²) in [4.78, 5) is 38.2. The van der Waals surface area contributed by atoms with Crippen LogP contribution >= 0.6 is 0 Å². The van der Waals surface area contributed by atoms with E-state index < -0.39 is 6.10 Å². The Labute approximate surface area is 464 Å². The molecular weight excluding hydrogens is 925 g/mol. The number of unbranched alkanes of at least 4 members (excludes halogenated alkanes) is 30. The fraction of sp³-hybridized carbons (Fsp3) is 0.725. The first kappa shape index (κ1) is 71.3. The second kappa shape index (κ2) is 62.9. The maximum atomic E-state index is 12.8. The highest BCUT2D eigenvalue weighted by atomic mass is 16.6. The average molecular weight is 1040 g/mol. The second-order valence-electron chi connectivity index (χ2n) is 20.9. The van der Waals surface area contributed by atoms with Crippen LogP contribution in [0.2, 0.25) is 0 Å². The molecule has 0 aromatic heterocycles. The fourth-order valence-corrected chi connectivity index (χ4v) is 8.83. The van der Waals surface area contributed by atoms with Crippen molar-refractivity contribution in [3.8, 4) is 0 Å². The Morgan fingerprint density at radius 1 is 0.280 bits per heavy atom. The molecule has 430 valence electrons. The van der Waals surface area contributed by atoms with E-state index in [4.69, 9.17) is 14.2 Å². The summed E-state index contributed by atoms with van der Waals surface area (Å²) in [6.07, 6.45) is 84.1. The predicted molar refractivity (Wildman–Crippen MR) is 325 cm³/mol. The Balaban J connectivity index is 4.23. The number of hydrogen-bond donors (Lipinski definition) is 0. The van der Waals surface area contributed by atoms with Crippen LogP contribution in [0.3, 0.4) is 0 Å². The molecule has 6 nitrogen and oxygen atoms in total. The lowest BCUT2D eigenvalue weighted by Crippen LogP contribution is -2.30. The highest BCUT2D eigenvalue weighted by molar-refractivity contribution is 5.71. The highest BCUT2D eigenvalue weighted by Gasteiger charge is 2.19. The number of carbonyl (C=O) groups excluding carboxylic acids is 3. The first-order valence-electron chi connectivity index (χ1n) is 31.7. The van der Waals surface area contributed by atoms with Crippen LogP contribution in [0.25, 0.3) is 0 Å². The lowest BCUT2D eigenvalue weighted by Gasteiger charge is -2.18. The van der Waals surface area contributed by atoms with Crippen molar-refractivity contribution < 1.29 is 28.6 Å². The molecule has 0 saturated heterocycles. The van der Waals surface area contributed by atoms with E-state index >= 15 is 0 Å². The number of esters is 3. The monoisotopic (exact) mass is 1040 g/mol. The quantitative estimate of drug-likeness (QED) is 0.0261. The van der Waals surface area contributed by atoms with Gasteiger partial charge in [-0.25, -0.2) is 0 Å². The smallest absolute Gasteiger partial charge is 0.306 e. The highest BCUT2D eigenvalue weighted by Crippen LogP contribution is 2.16. The van der Waals surface area contributed by atoms with E-state index in [-0.39, 0.29) is 31.1 Å². The molecule has 0 heterocycles. The summed E-state index contributed by atoms with van der Waals surface area (Å²) in [7, 11) is 0. The maximum absolute atomic E-state index is 12.8. The number of allylic oxidation sites excluding steroid dienone is 16. The van der Waals surface area contributed by atoms with Gasteiger partial charge in [0.05, 0.1) is 0 Å². The van der Waals surface area contributed by atoms with Crippen molar-refractivity contribution in [3.05, 3.63) is 97.2 Å². The average Bonchev–Trinajstić information content (AvgIpc) is 3.41. The van der Waals surface area contributed by atoms with Crippen molar-refractivity contribution in [3.63, 3.8) is 0 Å².